The van der Waals surface area contributed by atoms with Crippen LogP contribution in [0.15, 0.2) is 53.7 Å². The Bertz CT molecular complexity index is 955. The van der Waals surface area contributed by atoms with Crippen molar-refractivity contribution in [3.63, 3.8) is 0 Å². The summed E-state index contributed by atoms with van der Waals surface area (Å²) in [5.41, 5.74) is 3.01. The Hall–Kier alpha value is -1.41. The zero-order valence-corrected chi connectivity index (χ0v) is 14.8. The molecule has 1 aromatic carbocycles. The molecular weight excluding hydrogens is 354 g/mol. The molecule has 0 radical (unpaired) electrons. The molecule has 3 rings (SSSR count). The predicted molar refractivity (Wildman–Crippen MR) is 94.8 cm³/mol. The lowest BCUT2D eigenvalue weighted by atomic mass is 10.1. The minimum Gasteiger partial charge on any atom is -0.265 e. The molecule has 0 unspecified atom stereocenters. The zero-order chi connectivity index (χ0) is 15.7. The van der Waals surface area contributed by atoms with Crippen molar-refractivity contribution in [1.29, 1.82) is 0 Å². The van der Waals surface area contributed by atoms with Gasteiger partial charge in [-0.25, -0.2) is 8.42 Å². The third-order valence-electron chi connectivity index (χ3n) is 3.15. The molecule has 0 saturated heterocycles. The molecule has 0 atom stereocenters. The number of hydrogen-bond donors (Lipinski definition) is 0. The summed E-state index contributed by atoms with van der Waals surface area (Å²) in [6, 6.07) is 10.8. The van der Waals surface area contributed by atoms with Crippen molar-refractivity contribution in [2.24, 2.45) is 0 Å². The van der Waals surface area contributed by atoms with E-state index in [9.17, 15) is 8.42 Å². The Kier molecular flexibility index (Phi) is 4.22. The van der Waals surface area contributed by atoms with E-state index in [4.69, 9.17) is 12.2 Å². The summed E-state index contributed by atoms with van der Waals surface area (Å²) in [6.45, 7) is 0. The van der Waals surface area contributed by atoms with Crippen molar-refractivity contribution in [2.75, 3.05) is 6.26 Å². The van der Waals surface area contributed by atoms with Gasteiger partial charge >= 0.3 is 0 Å². The molecule has 3 nitrogen and oxygen atoms in total. The van der Waals surface area contributed by atoms with Gasteiger partial charge in [0.15, 0.2) is 9.84 Å². The molecule has 0 amide bonds. The van der Waals surface area contributed by atoms with Gasteiger partial charge in [0.25, 0.3) is 0 Å². The Labute approximate surface area is 141 Å². The first-order chi connectivity index (χ1) is 10.5. The molecule has 0 spiro atoms. The van der Waals surface area contributed by atoms with Crippen molar-refractivity contribution < 1.29 is 8.42 Å². The molecule has 0 aliphatic heterocycles. The van der Waals surface area contributed by atoms with Crippen LogP contribution in [0, 0.1) is 3.82 Å². The van der Waals surface area contributed by atoms with Gasteiger partial charge in [-0.2, -0.15) is 0 Å². The topological polar surface area (TPSA) is 47.0 Å². The summed E-state index contributed by atoms with van der Waals surface area (Å²) in [5, 5.41) is 0. The van der Waals surface area contributed by atoms with Crippen molar-refractivity contribution in [3.05, 3.63) is 52.6 Å². The van der Waals surface area contributed by atoms with Crippen LogP contribution in [0.3, 0.4) is 0 Å². The van der Waals surface area contributed by atoms with E-state index in [-0.39, 0.29) is 0 Å². The van der Waals surface area contributed by atoms with E-state index in [1.807, 2.05) is 24.3 Å². The van der Waals surface area contributed by atoms with Gasteiger partial charge in [-0.3, -0.25) is 4.98 Å². The van der Waals surface area contributed by atoms with Gasteiger partial charge < -0.3 is 0 Å². The Balaban J connectivity index is 2.13. The van der Waals surface area contributed by atoms with Crippen LogP contribution in [-0.4, -0.2) is 19.7 Å². The molecule has 2 heterocycles. The summed E-state index contributed by atoms with van der Waals surface area (Å²) >= 11 is 5.45. The van der Waals surface area contributed by atoms with Gasteiger partial charge in [-0.05, 0) is 35.4 Å². The number of sulfone groups is 1. The summed E-state index contributed by atoms with van der Waals surface area (Å²) < 4.78 is 23.9. The first-order valence-electron chi connectivity index (χ1n) is 6.31. The van der Waals surface area contributed by atoms with Crippen molar-refractivity contribution in [2.45, 2.75) is 4.90 Å². The third-order valence-corrected chi connectivity index (χ3v) is 7.34. The number of rotatable bonds is 3. The van der Waals surface area contributed by atoms with Gasteiger partial charge in [0.05, 0.1) is 9.77 Å². The summed E-state index contributed by atoms with van der Waals surface area (Å²) in [6.07, 6.45) is 4.69. The largest absolute Gasteiger partial charge is 0.265 e. The molecule has 112 valence electrons. The summed E-state index contributed by atoms with van der Waals surface area (Å²) in [5.74, 6) is 0. The van der Waals surface area contributed by atoms with Gasteiger partial charge in [-0.15, -0.1) is 0 Å². The fraction of sp³-hybridized carbons (Fsp3) is 0.0667. The molecule has 0 fully saturated rings. The zero-order valence-electron chi connectivity index (χ0n) is 11.5. The van der Waals surface area contributed by atoms with Gasteiger partial charge in [0.2, 0.25) is 0 Å². The standard InChI is InChI=1S/C15H11NO2S4/c1-22(17,18)12-4-2-11(3-5-12)14-13(15(19)21-20-14)10-6-8-16-9-7-10/h2-9H,1H3. The second-order valence-corrected chi connectivity index (χ2v) is 9.52. The fourth-order valence-corrected chi connectivity index (χ4v) is 5.62. The van der Waals surface area contributed by atoms with Crippen LogP contribution in [0.25, 0.3) is 21.6 Å². The lowest BCUT2D eigenvalue weighted by Crippen LogP contribution is -1.96. The van der Waals surface area contributed by atoms with Crippen LogP contribution in [0.1, 0.15) is 0 Å². The maximum absolute atomic E-state index is 11.6. The average Bonchev–Trinajstić information content (AvgIpc) is 2.89. The molecule has 22 heavy (non-hydrogen) atoms. The van der Waals surface area contributed by atoms with Crippen LogP contribution in [0.4, 0.5) is 0 Å². The van der Waals surface area contributed by atoms with E-state index < -0.39 is 9.84 Å². The molecule has 0 N–H and O–H groups in total. The lowest BCUT2D eigenvalue weighted by molar-refractivity contribution is 0.602. The second kappa shape index (κ2) is 6.00. The first kappa shape index (κ1) is 15.5. The number of benzene rings is 1. The van der Waals surface area contributed by atoms with Gasteiger partial charge in [-0.1, -0.05) is 45.0 Å². The van der Waals surface area contributed by atoms with E-state index >= 15 is 0 Å². The van der Waals surface area contributed by atoms with E-state index in [2.05, 4.69) is 4.98 Å². The fourth-order valence-electron chi connectivity index (χ4n) is 2.07. The SMILES string of the molecule is CS(=O)(=O)c1ccc(-c2ssc(=S)c2-c2ccncc2)cc1. The minimum absolute atomic E-state index is 0.320. The summed E-state index contributed by atoms with van der Waals surface area (Å²) in [7, 11) is -0.0283. The molecule has 3 aromatic rings. The van der Waals surface area contributed by atoms with Gasteiger partial charge in [0.1, 0.15) is 3.82 Å². The van der Waals surface area contributed by atoms with Crippen LogP contribution < -0.4 is 0 Å². The lowest BCUT2D eigenvalue weighted by Gasteiger charge is -2.05. The Morgan fingerprint density at radius 2 is 1.59 bits per heavy atom. The van der Waals surface area contributed by atoms with E-state index in [0.29, 0.717) is 4.90 Å². The number of hydrogen-bond acceptors (Lipinski definition) is 6. The molecular formula is C15H11NO2S4. The smallest absolute Gasteiger partial charge is 0.175 e. The highest BCUT2D eigenvalue weighted by molar-refractivity contribution is 7.90. The predicted octanol–water partition coefficient (Wildman–Crippen LogP) is 4.67. The second-order valence-electron chi connectivity index (χ2n) is 4.69. The Morgan fingerprint density at radius 1 is 0.955 bits per heavy atom. The monoisotopic (exact) mass is 365 g/mol. The summed E-state index contributed by atoms with van der Waals surface area (Å²) in [4.78, 5) is 5.41. The number of nitrogens with zero attached hydrogens (tertiary/aromatic N) is 1. The van der Waals surface area contributed by atoms with Crippen LogP contribution in [-0.2, 0) is 9.84 Å². The first-order valence-corrected chi connectivity index (χ1v) is 10.8. The average molecular weight is 366 g/mol. The van der Waals surface area contributed by atoms with Gasteiger partial charge in [0, 0.05) is 24.2 Å². The Morgan fingerprint density at radius 3 is 2.18 bits per heavy atom. The highest BCUT2D eigenvalue weighted by Crippen LogP contribution is 2.41. The molecule has 0 bridgehead atoms. The number of aromatic nitrogens is 1. The quantitative estimate of drug-likeness (QED) is 0.500. The minimum atomic E-state index is -3.18. The highest BCUT2D eigenvalue weighted by atomic mass is 32.9. The van der Waals surface area contributed by atoms with Crippen molar-refractivity contribution in [1.82, 2.24) is 4.98 Å². The molecule has 0 saturated carbocycles. The third kappa shape index (κ3) is 3.03. The van der Waals surface area contributed by atoms with Crippen molar-refractivity contribution >= 4 is 42.7 Å². The normalized spacial score (nSPS) is 11.5. The molecule has 2 aromatic heterocycles. The highest BCUT2D eigenvalue weighted by Gasteiger charge is 2.14. The van der Waals surface area contributed by atoms with Crippen LogP contribution in [0.5, 0.6) is 0 Å². The molecule has 0 aliphatic rings. The number of pyridine rings is 1. The van der Waals surface area contributed by atoms with Crippen LogP contribution >= 0.6 is 32.9 Å². The maximum Gasteiger partial charge on any atom is 0.175 e. The molecule has 0 aliphatic carbocycles. The maximum atomic E-state index is 11.6. The molecule has 7 heteroatoms. The van der Waals surface area contributed by atoms with Crippen molar-refractivity contribution in [3.8, 4) is 21.6 Å². The van der Waals surface area contributed by atoms with Crippen LogP contribution in [0.2, 0.25) is 0 Å². The van der Waals surface area contributed by atoms with E-state index in [1.165, 1.54) is 6.26 Å². The van der Waals surface area contributed by atoms with E-state index in [1.54, 1.807) is 45.2 Å². The van der Waals surface area contributed by atoms with E-state index in [0.717, 1.165) is 25.4 Å².